The number of amides is 1. The van der Waals surface area contributed by atoms with E-state index in [0.29, 0.717) is 17.3 Å². The number of carbonyl (C=O) groups is 1. The van der Waals surface area contributed by atoms with E-state index < -0.39 is 27.8 Å². The number of benzene rings is 2. The number of sulfonamides is 1. The van der Waals surface area contributed by atoms with E-state index in [1.54, 1.807) is 23.9 Å². The molecule has 0 fully saturated rings. The lowest BCUT2D eigenvalue weighted by atomic mass is 10.2. The van der Waals surface area contributed by atoms with Crippen molar-refractivity contribution >= 4 is 45.0 Å². The van der Waals surface area contributed by atoms with Crippen LogP contribution >= 0.6 is 23.4 Å². The molecule has 2 aromatic rings. The maximum atomic E-state index is 13.5. The van der Waals surface area contributed by atoms with Crippen LogP contribution in [0.4, 0.5) is 10.1 Å². The number of nitrogens with zero attached hydrogens (tertiary/aromatic N) is 1. The normalized spacial score (nSPS) is 12.4. The first-order valence-electron chi connectivity index (χ1n) is 8.09. The fraction of sp³-hybridized carbons (Fsp3) is 0.278. The van der Waals surface area contributed by atoms with E-state index in [0.717, 1.165) is 21.5 Å². The molecule has 1 amide bonds. The van der Waals surface area contributed by atoms with Gasteiger partial charge in [-0.25, -0.2) is 12.8 Å². The lowest BCUT2D eigenvalue weighted by molar-refractivity contribution is -0.121. The Balaban J connectivity index is 1.97. The van der Waals surface area contributed by atoms with E-state index in [9.17, 15) is 17.6 Å². The topological polar surface area (TPSA) is 66.5 Å². The Labute approximate surface area is 168 Å². The van der Waals surface area contributed by atoms with Crippen LogP contribution in [0.3, 0.4) is 0 Å². The van der Waals surface area contributed by atoms with Crippen molar-refractivity contribution in [3.63, 3.8) is 0 Å². The van der Waals surface area contributed by atoms with Crippen molar-refractivity contribution in [2.45, 2.75) is 17.9 Å². The summed E-state index contributed by atoms with van der Waals surface area (Å²) < 4.78 is 38.7. The molecule has 1 atom stereocenters. The number of nitrogens with one attached hydrogen (secondary N) is 1. The van der Waals surface area contributed by atoms with Crippen molar-refractivity contribution < 1.29 is 17.6 Å². The number of carbonyl (C=O) groups excluding carboxylic acids is 1. The van der Waals surface area contributed by atoms with Gasteiger partial charge in [-0.1, -0.05) is 17.7 Å². The Morgan fingerprint density at radius 2 is 1.93 bits per heavy atom. The second-order valence-electron chi connectivity index (χ2n) is 5.81. The summed E-state index contributed by atoms with van der Waals surface area (Å²) >= 11 is 7.37. The quantitative estimate of drug-likeness (QED) is 0.513. The van der Waals surface area contributed by atoms with Crippen molar-refractivity contribution in [3.05, 3.63) is 59.4 Å². The van der Waals surface area contributed by atoms with E-state index >= 15 is 0 Å². The van der Waals surface area contributed by atoms with Gasteiger partial charge in [0.05, 0.1) is 11.9 Å². The van der Waals surface area contributed by atoms with E-state index in [1.165, 1.54) is 25.1 Å². The van der Waals surface area contributed by atoms with Crippen LogP contribution in [0.2, 0.25) is 5.02 Å². The first-order valence-corrected chi connectivity index (χ1v) is 11.3. The zero-order valence-electron chi connectivity index (χ0n) is 14.9. The standard InChI is InChI=1S/C18H20ClFN2O3S2/c1-13(22(27(2,24)25)16-5-3-4-15(20)12-16)18(23)21-10-11-26-17-8-6-14(19)7-9-17/h3-9,12-13H,10-11H2,1-2H3,(H,21,23)/t13-/m1/s1. The SMILES string of the molecule is C[C@H](C(=O)NCCSc1ccc(Cl)cc1)N(c1cccc(F)c1)S(C)(=O)=O. The Morgan fingerprint density at radius 3 is 2.52 bits per heavy atom. The highest BCUT2D eigenvalue weighted by molar-refractivity contribution is 7.99. The number of halogens is 2. The molecule has 0 bridgehead atoms. The summed E-state index contributed by atoms with van der Waals surface area (Å²) in [4.78, 5) is 13.4. The summed E-state index contributed by atoms with van der Waals surface area (Å²) in [6.07, 6.45) is 0.984. The molecule has 0 aliphatic heterocycles. The predicted molar refractivity (Wildman–Crippen MR) is 108 cm³/mol. The second-order valence-corrected chi connectivity index (χ2v) is 9.27. The average molecular weight is 431 g/mol. The fourth-order valence-electron chi connectivity index (χ4n) is 2.44. The summed E-state index contributed by atoms with van der Waals surface area (Å²) in [5.41, 5.74) is 0.107. The van der Waals surface area contributed by atoms with Crippen LogP contribution in [0.1, 0.15) is 6.92 Å². The average Bonchev–Trinajstić information content (AvgIpc) is 2.59. The first kappa shape index (κ1) is 21.5. The van der Waals surface area contributed by atoms with Gasteiger partial charge in [0, 0.05) is 22.2 Å². The van der Waals surface area contributed by atoms with E-state index in [1.807, 2.05) is 12.1 Å². The summed E-state index contributed by atoms with van der Waals surface area (Å²) in [5, 5.41) is 3.37. The summed E-state index contributed by atoms with van der Waals surface area (Å²) in [5.74, 6) is -0.423. The van der Waals surface area contributed by atoms with Gasteiger partial charge < -0.3 is 5.32 Å². The van der Waals surface area contributed by atoms with Crippen LogP contribution in [0.15, 0.2) is 53.4 Å². The predicted octanol–water partition coefficient (Wildman–Crippen LogP) is 3.54. The largest absolute Gasteiger partial charge is 0.353 e. The van der Waals surface area contributed by atoms with Crippen molar-refractivity contribution in [2.75, 3.05) is 22.9 Å². The molecule has 0 unspecified atom stereocenters. The van der Waals surface area contributed by atoms with E-state index in [-0.39, 0.29) is 5.69 Å². The molecule has 0 aliphatic rings. The molecule has 2 aromatic carbocycles. The lowest BCUT2D eigenvalue weighted by Crippen LogP contribution is -2.48. The number of thioether (sulfide) groups is 1. The maximum Gasteiger partial charge on any atom is 0.243 e. The summed E-state index contributed by atoms with van der Waals surface area (Å²) in [7, 11) is -3.77. The van der Waals surface area contributed by atoms with Gasteiger partial charge in [-0.2, -0.15) is 0 Å². The van der Waals surface area contributed by atoms with Crippen LogP contribution in [0.25, 0.3) is 0 Å². The Morgan fingerprint density at radius 1 is 1.26 bits per heavy atom. The monoisotopic (exact) mass is 430 g/mol. The number of anilines is 1. The van der Waals surface area contributed by atoms with Crippen molar-refractivity contribution in [3.8, 4) is 0 Å². The third-order valence-corrected chi connectivity index (χ3v) is 6.14. The van der Waals surface area contributed by atoms with Crippen LogP contribution < -0.4 is 9.62 Å². The molecule has 0 saturated heterocycles. The van der Waals surface area contributed by atoms with Gasteiger partial charge in [-0.3, -0.25) is 9.10 Å². The molecule has 146 valence electrons. The van der Waals surface area contributed by atoms with Gasteiger partial charge in [0.15, 0.2) is 0 Å². The molecule has 0 spiro atoms. The molecule has 0 heterocycles. The molecular formula is C18H20ClFN2O3S2. The zero-order valence-corrected chi connectivity index (χ0v) is 17.2. The second kappa shape index (κ2) is 9.43. The fourth-order valence-corrected chi connectivity index (χ4v) is 4.50. The smallest absolute Gasteiger partial charge is 0.243 e. The Hall–Kier alpha value is -1.77. The molecule has 9 heteroatoms. The highest BCUT2D eigenvalue weighted by atomic mass is 35.5. The highest BCUT2D eigenvalue weighted by Crippen LogP contribution is 2.22. The van der Waals surface area contributed by atoms with Gasteiger partial charge in [0.25, 0.3) is 0 Å². The molecule has 0 saturated carbocycles. The Bertz CT molecular complexity index is 892. The van der Waals surface area contributed by atoms with Gasteiger partial charge in [0.2, 0.25) is 15.9 Å². The van der Waals surface area contributed by atoms with Gasteiger partial charge in [-0.05, 0) is 49.4 Å². The third kappa shape index (κ3) is 6.41. The summed E-state index contributed by atoms with van der Waals surface area (Å²) in [6, 6.07) is 11.5. The zero-order chi connectivity index (χ0) is 20.0. The molecule has 1 N–H and O–H groups in total. The van der Waals surface area contributed by atoms with Gasteiger partial charge >= 0.3 is 0 Å². The van der Waals surface area contributed by atoms with Crippen molar-refractivity contribution in [2.24, 2.45) is 0 Å². The van der Waals surface area contributed by atoms with Gasteiger partial charge in [0.1, 0.15) is 11.9 Å². The first-order chi connectivity index (χ1) is 12.7. The number of hydrogen-bond acceptors (Lipinski definition) is 4. The van der Waals surface area contributed by atoms with Crippen LogP contribution in [-0.2, 0) is 14.8 Å². The lowest BCUT2D eigenvalue weighted by Gasteiger charge is -2.28. The number of rotatable bonds is 8. The Kier molecular flexibility index (Phi) is 7.52. The van der Waals surface area contributed by atoms with Gasteiger partial charge in [-0.15, -0.1) is 11.8 Å². The van der Waals surface area contributed by atoms with Crippen molar-refractivity contribution in [1.29, 1.82) is 0 Å². The molecular weight excluding hydrogens is 411 g/mol. The minimum absolute atomic E-state index is 0.107. The number of hydrogen-bond donors (Lipinski definition) is 1. The van der Waals surface area contributed by atoms with Crippen molar-refractivity contribution in [1.82, 2.24) is 5.32 Å². The van der Waals surface area contributed by atoms with E-state index in [2.05, 4.69) is 5.32 Å². The summed E-state index contributed by atoms with van der Waals surface area (Å²) in [6.45, 7) is 1.82. The molecule has 0 aliphatic carbocycles. The molecule has 0 aromatic heterocycles. The van der Waals surface area contributed by atoms with E-state index in [4.69, 9.17) is 11.6 Å². The third-order valence-electron chi connectivity index (χ3n) is 3.63. The highest BCUT2D eigenvalue weighted by Gasteiger charge is 2.29. The molecule has 27 heavy (non-hydrogen) atoms. The van der Waals surface area contributed by atoms with Crippen LogP contribution in [-0.4, -0.2) is 38.9 Å². The van der Waals surface area contributed by atoms with Crippen LogP contribution in [0.5, 0.6) is 0 Å². The minimum atomic E-state index is -3.77. The van der Waals surface area contributed by atoms with Crippen LogP contribution in [0, 0.1) is 5.82 Å². The molecule has 5 nitrogen and oxygen atoms in total. The molecule has 0 radical (unpaired) electrons. The minimum Gasteiger partial charge on any atom is -0.353 e. The molecule has 2 rings (SSSR count). The maximum absolute atomic E-state index is 13.5.